The fourth-order valence-corrected chi connectivity index (χ4v) is 4.62. The van der Waals surface area contributed by atoms with Gasteiger partial charge in [0.1, 0.15) is 0 Å². The van der Waals surface area contributed by atoms with Crippen molar-refractivity contribution in [1.82, 2.24) is 10.2 Å². The summed E-state index contributed by atoms with van der Waals surface area (Å²) in [6.07, 6.45) is 2.76. The Labute approximate surface area is 214 Å². The summed E-state index contributed by atoms with van der Waals surface area (Å²) in [5.74, 6) is -3.12. The van der Waals surface area contributed by atoms with Crippen LogP contribution in [0.2, 0.25) is 0 Å². The molecule has 0 spiro atoms. The Kier molecular flexibility index (Phi) is 9.51. The number of nitrogens with zero attached hydrogens (tertiary/aromatic N) is 2. The van der Waals surface area contributed by atoms with Crippen LogP contribution in [0, 0.1) is 10.1 Å². The second kappa shape index (κ2) is 12.8. The number of allylic oxidation sites excluding steroid dienone is 2. The van der Waals surface area contributed by atoms with Gasteiger partial charge in [-0.05, 0) is 50.9 Å². The van der Waals surface area contributed by atoms with Crippen LogP contribution in [0.25, 0.3) is 0 Å². The summed E-state index contributed by atoms with van der Waals surface area (Å²) in [7, 11) is 1.16. The van der Waals surface area contributed by atoms with E-state index in [1.807, 2.05) is 0 Å². The number of rotatable bonds is 6. The number of non-ortho nitro benzene ring substituents is 1. The Balaban J connectivity index is 0.000000262. The second-order valence-electron chi connectivity index (χ2n) is 8.81. The lowest BCUT2D eigenvalue weighted by atomic mass is 9.80. The van der Waals surface area contributed by atoms with Gasteiger partial charge < -0.3 is 10.1 Å². The van der Waals surface area contributed by atoms with Gasteiger partial charge in [-0.3, -0.25) is 15.0 Å². The minimum atomic E-state index is -1.30. The molecule has 1 unspecified atom stereocenters. The van der Waals surface area contributed by atoms with E-state index in [0.717, 1.165) is 13.7 Å². The molecule has 0 bridgehead atoms. The number of nitro groups is 1. The number of ether oxygens (including phenoxy) is 1. The van der Waals surface area contributed by atoms with E-state index in [4.69, 9.17) is 4.74 Å². The number of hydrogen-bond acceptors (Lipinski definition) is 8. The van der Waals surface area contributed by atoms with Gasteiger partial charge in [0.15, 0.2) is 0 Å². The van der Waals surface area contributed by atoms with E-state index in [0.29, 0.717) is 5.70 Å². The monoisotopic (exact) mass is 511 g/mol. The number of esters is 1. The predicted molar refractivity (Wildman–Crippen MR) is 135 cm³/mol. The molecule has 1 saturated heterocycles. The number of dihydropyridines is 1. The molecule has 0 aromatic heterocycles. The number of carbonyl (C=O) groups is 2. The highest BCUT2D eigenvalue weighted by Gasteiger charge is 2.38. The summed E-state index contributed by atoms with van der Waals surface area (Å²) in [6.45, 7) is 6.80. The highest BCUT2D eigenvalue weighted by molar-refractivity contribution is 5.99. The molecule has 1 fully saturated rings. The summed E-state index contributed by atoms with van der Waals surface area (Å²) in [6, 6.07) is 16.1. The van der Waals surface area contributed by atoms with Crippen LogP contribution in [-0.4, -0.2) is 42.0 Å². The van der Waals surface area contributed by atoms with Crippen molar-refractivity contribution in [3.05, 3.63) is 98.4 Å². The van der Waals surface area contributed by atoms with Crippen LogP contribution in [0.4, 0.5) is 10.2 Å². The zero-order valence-electron chi connectivity index (χ0n) is 21.0. The van der Waals surface area contributed by atoms with E-state index < -0.39 is 22.8 Å². The summed E-state index contributed by atoms with van der Waals surface area (Å²) < 4.78 is 17.3. The molecular weight excluding hydrogens is 481 g/mol. The summed E-state index contributed by atoms with van der Waals surface area (Å²) in [4.78, 5) is 40.4. The summed E-state index contributed by atoms with van der Waals surface area (Å²) in [5.41, 5.74) is 1.99. The lowest BCUT2D eigenvalue weighted by Gasteiger charge is -2.29. The van der Waals surface area contributed by atoms with Crippen LogP contribution in [0.15, 0.2) is 77.1 Å². The third kappa shape index (κ3) is 6.79. The van der Waals surface area contributed by atoms with E-state index in [2.05, 4.69) is 45.5 Å². The number of nitrogens with one attached hydrogen (secondary N) is 1. The van der Waals surface area contributed by atoms with Gasteiger partial charge in [-0.25, -0.2) is 14.5 Å². The summed E-state index contributed by atoms with van der Waals surface area (Å²) >= 11 is 0. The molecular formula is C27H30FN3O6. The molecule has 37 heavy (non-hydrogen) atoms. The Hall–Kier alpha value is -4.05. The lowest BCUT2D eigenvalue weighted by Crippen LogP contribution is -2.31. The molecule has 9 nitrogen and oxygen atoms in total. The minimum Gasteiger partial charge on any atom is -0.466 e. The van der Waals surface area contributed by atoms with E-state index in [1.165, 1.54) is 62.7 Å². The van der Waals surface area contributed by atoms with Crippen LogP contribution in [0.1, 0.15) is 43.7 Å². The van der Waals surface area contributed by atoms with Crippen molar-refractivity contribution in [3.63, 3.8) is 0 Å². The first-order chi connectivity index (χ1) is 17.8. The molecule has 0 radical (unpaired) electrons. The van der Waals surface area contributed by atoms with E-state index in [9.17, 15) is 24.2 Å². The highest BCUT2D eigenvalue weighted by atomic mass is 19.3. The van der Waals surface area contributed by atoms with Crippen LogP contribution >= 0.6 is 0 Å². The third-order valence-corrected chi connectivity index (χ3v) is 6.32. The van der Waals surface area contributed by atoms with Crippen molar-refractivity contribution in [2.75, 3.05) is 20.2 Å². The van der Waals surface area contributed by atoms with E-state index in [-0.39, 0.29) is 28.1 Å². The van der Waals surface area contributed by atoms with E-state index in [1.54, 1.807) is 6.92 Å². The van der Waals surface area contributed by atoms with Gasteiger partial charge >= 0.3 is 11.9 Å². The second-order valence-corrected chi connectivity index (χ2v) is 8.81. The maximum Gasteiger partial charge on any atom is 0.378 e. The SMILES string of the molecule is COC(=O)C1=C(C)NC(C)=C(C(=O)OF)C1c1cccc([N+](=O)[O-])c1.c1ccc(CN2CCCC2)cc1. The van der Waals surface area contributed by atoms with Crippen molar-refractivity contribution in [2.45, 2.75) is 39.2 Å². The molecule has 1 atom stereocenters. The summed E-state index contributed by atoms with van der Waals surface area (Å²) in [5, 5.41) is 13.8. The van der Waals surface area contributed by atoms with Gasteiger partial charge in [-0.1, -0.05) is 42.5 Å². The first kappa shape index (κ1) is 27.5. The van der Waals surface area contributed by atoms with Gasteiger partial charge in [0, 0.05) is 34.6 Å². The Bertz CT molecular complexity index is 1170. The Morgan fingerprint density at radius 1 is 1.03 bits per heavy atom. The quantitative estimate of drug-likeness (QED) is 0.337. The molecule has 4 rings (SSSR count). The molecule has 2 aliphatic rings. The van der Waals surface area contributed by atoms with Gasteiger partial charge in [-0.2, -0.15) is 0 Å². The molecule has 0 amide bonds. The van der Waals surface area contributed by atoms with Crippen molar-refractivity contribution in [2.24, 2.45) is 0 Å². The zero-order chi connectivity index (χ0) is 26.9. The molecule has 1 N–H and O–H groups in total. The van der Waals surface area contributed by atoms with Gasteiger partial charge in [0.25, 0.3) is 5.69 Å². The molecule has 2 aromatic carbocycles. The number of halogens is 1. The minimum absolute atomic E-state index is 0.0361. The van der Waals surface area contributed by atoms with Crippen LogP contribution in [0.5, 0.6) is 0 Å². The number of hydrogen-bond donors (Lipinski definition) is 1. The maximum absolute atomic E-state index is 12.6. The van der Waals surface area contributed by atoms with Gasteiger partial charge in [-0.15, -0.1) is 0 Å². The van der Waals surface area contributed by atoms with Gasteiger partial charge in [0.2, 0.25) is 0 Å². The highest BCUT2D eigenvalue weighted by Crippen LogP contribution is 2.40. The van der Waals surface area contributed by atoms with Crippen LogP contribution < -0.4 is 5.32 Å². The lowest BCUT2D eigenvalue weighted by molar-refractivity contribution is -0.384. The molecule has 2 heterocycles. The molecule has 0 saturated carbocycles. The fraction of sp³-hybridized carbons (Fsp3) is 0.333. The fourth-order valence-electron chi connectivity index (χ4n) is 4.62. The largest absolute Gasteiger partial charge is 0.466 e. The molecule has 10 heteroatoms. The van der Waals surface area contributed by atoms with E-state index >= 15 is 0 Å². The van der Waals surface area contributed by atoms with Crippen molar-refractivity contribution < 1.29 is 28.7 Å². The normalized spacial score (nSPS) is 17.5. The first-order valence-corrected chi connectivity index (χ1v) is 11.9. The number of benzene rings is 2. The molecule has 0 aliphatic carbocycles. The predicted octanol–water partition coefficient (Wildman–Crippen LogP) is 4.71. The van der Waals surface area contributed by atoms with Crippen molar-refractivity contribution in [3.8, 4) is 0 Å². The van der Waals surface area contributed by atoms with Crippen LogP contribution in [-0.2, 0) is 25.8 Å². The number of likely N-dealkylation sites (tertiary alicyclic amines) is 1. The first-order valence-electron chi connectivity index (χ1n) is 11.9. The van der Waals surface area contributed by atoms with Crippen molar-refractivity contribution >= 4 is 17.6 Å². The molecule has 2 aromatic rings. The van der Waals surface area contributed by atoms with Gasteiger partial charge in [0.05, 0.1) is 29.1 Å². The standard InChI is InChI=1S/C16H15FN2O6.C11H15N/c1-8-12(15(20)24-3)14(13(9(2)18-8)16(21)25-17)10-5-4-6-11(7-10)19(22)23;1-2-6-11(7-3-1)10-12-8-4-5-9-12/h4-7,14,18H,1-3H3;1-3,6-7H,4-5,8-10H2. The van der Waals surface area contributed by atoms with Crippen LogP contribution in [0.3, 0.4) is 0 Å². The average Bonchev–Trinajstić information content (AvgIpc) is 3.41. The average molecular weight is 512 g/mol. The number of carbonyl (C=O) groups excluding carboxylic acids is 2. The Morgan fingerprint density at radius 2 is 1.65 bits per heavy atom. The topological polar surface area (TPSA) is 111 Å². The van der Waals surface area contributed by atoms with Crippen molar-refractivity contribution in [1.29, 1.82) is 0 Å². The molecule has 196 valence electrons. The smallest absolute Gasteiger partial charge is 0.378 e. The number of nitro benzene ring substituents is 1. The zero-order valence-corrected chi connectivity index (χ0v) is 21.0. The maximum atomic E-state index is 12.6. The Morgan fingerprint density at radius 3 is 2.22 bits per heavy atom. The molecule has 2 aliphatic heterocycles. The number of methoxy groups -OCH3 is 1. The third-order valence-electron chi connectivity index (χ3n) is 6.32.